The van der Waals surface area contributed by atoms with E-state index in [-0.39, 0.29) is 5.97 Å². The van der Waals surface area contributed by atoms with Gasteiger partial charge in [0.05, 0.1) is 7.11 Å². The van der Waals surface area contributed by atoms with Crippen molar-refractivity contribution in [2.45, 2.75) is 13.3 Å². The monoisotopic (exact) mass is 283 g/mol. The zero-order valence-electron chi connectivity index (χ0n) is 12.0. The van der Waals surface area contributed by atoms with Gasteiger partial charge in [0.15, 0.2) is 10.8 Å². The number of hydrogen-bond donors (Lipinski definition) is 0. The first kappa shape index (κ1) is 14.3. The largest absolute Gasteiger partial charge is 0.464 e. The Morgan fingerprint density at radius 3 is 2.95 bits per heavy atom. The van der Waals surface area contributed by atoms with E-state index in [1.807, 2.05) is 14.0 Å². The van der Waals surface area contributed by atoms with Crippen LogP contribution in [0, 0.1) is 12.8 Å². The number of likely N-dealkylation sites (tertiary alicyclic amines) is 1. The molecule has 0 bridgehead atoms. The number of ether oxygens (including phenoxy) is 1. The van der Waals surface area contributed by atoms with Crippen molar-refractivity contribution in [1.29, 1.82) is 0 Å². The summed E-state index contributed by atoms with van der Waals surface area (Å²) in [6, 6.07) is 0. The van der Waals surface area contributed by atoms with Crippen LogP contribution in [-0.4, -0.2) is 56.7 Å². The summed E-state index contributed by atoms with van der Waals surface area (Å²) in [5.74, 6) is 0.329. The average Bonchev–Trinajstić information content (AvgIpc) is 2.95. The quantitative estimate of drug-likeness (QED) is 0.786. The molecule has 1 fully saturated rings. The topological polar surface area (TPSA) is 45.7 Å². The van der Waals surface area contributed by atoms with Gasteiger partial charge in [0.1, 0.15) is 0 Å². The normalized spacial score (nSPS) is 19.7. The van der Waals surface area contributed by atoms with Crippen molar-refractivity contribution in [3.05, 3.63) is 10.6 Å². The molecule has 2 heterocycles. The highest BCUT2D eigenvalue weighted by Crippen LogP contribution is 2.27. The maximum atomic E-state index is 11.6. The second-order valence-corrected chi connectivity index (χ2v) is 6.37. The Hall–Kier alpha value is -1.14. The van der Waals surface area contributed by atoms with E-state index in [0.29, 0.717) is 11.6 Å². The molecule has 1 aromatic rings. The van der Waals surface area contributed by atoms with Crippen molar-refractivity contribution in [2.75, 3.05) is 45.7 Å². The van der Waals surface area contributed by atoms with E-state index in [0.717, 1.165) is 23.1 Å². The van der Waals surface area contributed by atoms with E-state index in [1.165, 1.54) is 20.1 Å². The first-order valence-electron chi connectivity index (χ1n) is 6.46. The number of aryl methyl sites for hydroxylation is 1. The number of rotatable bonds is 4. The smallest absolute Gasteiger partial charge is 0.357 e. The summed E-state index contributed by atoms with van der Waals surface area (Å²) >= 11 is 1.55. The highest BCUT2D eigenvalue weighted by Gasteiger charge is 2.23. The predicted octanol–water partition coefficient (Wildman–Crippen LogP) is 1.63. The van der Waals surface area contributed by atoms with E-state index in [4.69, 9.17) is 4.74 Å². The minimum absolute atomic E-state index is 0.353. The third kappa shape index (κ3) is 3.25. The summed E-state index contributed by atoms with van der Waals surface area (Å²) in [6.45, 7) is 5.20. The van der Waals surface area contributed by atoms with Crippen molar-refractivity contribution in [3.63, 3.8) is 0 Å². The summed E-state index contributed by atoms with van der Waals surface area (Å²) in [7, 11) is 5.58. The van der Waals surface area contributed by atoms with Crippen LogP contribution in [0.5, 0.6) is 0 Å². The Balaban J connectivity index is 2.03. The van der Waals surface area contributed by atoms with Crippen molar-refractivity contribution in [2.24, 2.45) is 5.92 Å². The van der Waals surface area contributed by atoms with Crippen LogP contribution >= 0.6 is 11.3 Å². The Morgan fingerprint density at radius 2 is 2.37 bits per heavy atom. The summed E-state index contributed by atoms with van der Waals surface area (Å²) in [5.41, 5.74) is 0.442. The van der Waals surface area contributed by atoms with Crippen molar-refractivity contribution >= 4 is 22.4 Å². The van der Waals surface area contributed by atoms with Gasteiger partial charge in [-0.3, -0.25) is 0 Å². The molecule has 0 radical (unpaired) electrons. The van der Waals surface area contributed by atoms with Crippen LogP contribution in [0.25, 0.3) is 0 Å². The second kappa shape index (κ2) is 5.88. The van der Waals surface area contributed by atoms with Crippen LogP contribution in [0.15, 0.2) is 0 Å². The molecule has 106 valence electrons. The molecule has 1 aliphatic rings. The lowest BCUT2D eigenvalue weighted by molar-refractivity contribution is 0.0594. The molecule has 1 aliphatic heterocycles. The third-order valence-electron chi connectivity index (χ3n) is 3.51. The lowest BCUT2D eigenvalue weighted by atomic mass is 10.1. The fourth-order valence-corrected chi connectivity index (χ4v) is 3.34. The lowest BCUT2D eigenvalue weighted by Crippen LogP contribution is -2.27. The molecule has 0 aromatic carbocycles. The molecule has 0 saturated carbocycles. The van der Waals surface area contributed by atoms with Gasteiger partial charge in [-0.05, 0) is 32.9 Å². The van der Waals surface area contributed by atoms with Crippen LogP contribution in [0.3, 0.4) is 0 Å². The van der Waals surface area contributed by atoms with Crippen LogP contribution in [0.4, 0.5) is 5.13 Å². The molecule has 1 atom stereocenters. The summed E-state index contributed by atoms with van der Waals surface area (Å²) in [5, 5.41) is 0.896. The highest BCUT2D eigenvalue weighted by molar-refractivity contribution is 7.15. The minimum atomic E-state index is -0.353. The fraction of sp³-hybridized carbons (Fsp3) is 0.692. The Morgan fingerprint density at radius 1 is 1.63 bits per heavy atom. The molecule has 2 rings (SSSR count). The number of methoxy groups -OCH3 is 1. The standard InChI is InChI=1S/C13H21N3O2S/c1-9-11(12(17)18-4)14-13(19-9)16(3)8-10-5-6-15(2)7-10/h10H,5-8H2,1-4H3. The summed E-state index contributed by atoms with van der Waals surface area (Å²) in [4.78, 5) is 21.4. The zero-order valence-corrected chi connectivity index (χ0v) is 12.8. The van der Waals surface area contributed by atoms with Gasteiger partial charge in [0, 0.05) is 25.0 Å². The average molecular weight is 283 g/mol. The molecule has 19 heavy (non-hydrogen) atoms. The number of esters is 1. The minimum Gasteiger partial charge on any atom is -0.464 e. The first-order valence-corrected chi connectivity index (χ1v) is 7.28. The lowest BCUT2D eigenvalue weighted by Gasteiger charge is -2.20. The molecule has 0 amide bonds. The van der Waals surface area contributed by atoms with Crippen LogP contribution in [0.1, 0.15) is 21.8 Å². The number of aromatic nitrogens is 1. The maximum Gasteiger partial charge on any atom is 0.357 e. The fourth-order valence-electron chi connectivity index (χ4n) is 2.47. The van der Waals surface area contributed by atoms with Gasteiger partial charge in [0.25, 0.3) is 0 Å². The molecule has 1 aromatic heterocycles. The number of carbonyl (C=O) groups is 1. The van der Waals surface area contributed by atoms with Crippen LogP contribution in [0.2, 0.25) is 0 Å². The second-order valence-electron chi connectivity index (χ2n) is 5.19. The van der Waals surface area contributed by atoms with Crippen LogP contribution in [-0.2, 0) is 4.74 Å². The summed E-state index contributed by atoms with van der Waals surface area (Å²) < 4.78 is 4.74. The van der Waals surface area contributed by atoms with Crippen molar-refractivity contribution in [3.8, 4) is 0 Å². The SMILES string of the molecule is COC(=O)c1nc(N(C)CC2CCN(C)C2)sc1C. The number of carbonyl (C=O) groups excluding carboxylic acids is 1. The molecule has 0 spiro atoms. The third-order valence-corrected chi connectivity index (χ3v) is 4.60. The van der Waals surface area contributed by atoms with Gasteiger partial charge in [-0.15, -0.1) is 11.3 Å². The molecular formula is C13H21N3O2S. The predicted molar refractivity (Wildman–Crippen MR) is 77.1 cm³/mol. The Bertz CT molecular complexity index is 461. The maximum absolute atomic E-state index is 11.6. The zero-order chi connectivity index (χ0) is 14.0. The van der Waals surface area contributed by atoms with E-state index >= 15 is 0 Å². The molecule has 1 unspecified atom stereocenters. The van der Waals surface area contributed by atoms with E-state index in [1.54, 1.807) is 11.3 Å². The van der Waals surface area contributed by atoms with Gasteiger partial charge in [-0.25, -0.2) is 9.78 Å². The molecule has 1 saturated heterocycles. The van der Waals surface area contributed by atoms with Gasteiger partial charge >= 0.3 is 5.97 Å². The molecule has 0 aliphatic carbocycles. The van der Waals surface area contributed by atoms with Crippen LogP contribution < -0.4 is 4.90 Å². The van der Waals surface area contributed by atoms with Gasteiger partial charge < -0.3 is 14.5 Å². The highest BCUT2D eigenvalue weighted by atomic mass is 32.1. The summed E-state index contributed by atoms with van der Waals surface area (Å²) in [6.07, 6.45) is 1.23. The van der Waals surface area contributed by atoms with Gasteiger partial charge in [0.2, 0.25) is 0 Å². The Kier molecular flexibility index (Phi) is 4.42. The molecule has 5 nitrogen and oxygen atoms in total. The number of nitrogens with zero attached hydrogens (tertiary/aromatic N) is 3. The number of anilines is 1. The van der Waals surface area contributed by atoms with Crippen molar-refractivity contribution < 1.29 is 9.53 Å². The molecular weight excluding hydrogens is 262 g/mol. The molecule has 0 N–H and O–H groups in total. The Labute approximate surface area is 118 Å². The van der Waals surface area contributed by atoms with E-state index < -0.39 is 0 Å². The van der Waals surface area contributed by atoms with Gasteiger partial charge in [-0.2, -0.15) is 0 Å². The van der Waals surface area contributed by atoms with Gasteiger partial charge in [-0.1, -0.05) is 0 Å². The van der Waals surface area contributed by atoms with Crippen molar-refractivity contribution in [1.82, 2.24) is 9.88 Å². The number of thiazole rings is 1. The van der Waals surface area contributed by atoms with E-state index in [9.17, 15) is 4.79 Å². The number of hydrogen-bond acceptors (Lipinski definition) is 6. The van der Waals surface area contributed by atoms with E-state index in [2.05, 4.69) is 21.8 Å². The molecule has 6 heteroatoms. The first-order chi connectivity index (χ1) is 9.01.